The number of aliphatic hydroxyl groups excluding tert-OH is 1. The second-order valence-electron chi connectivity index (χ2n) is 5.36. The Bertz CT molecular complexity index is 474. The Morgan fingerprint density at radius 1 is 1.26 bits per heavy atom. The van der Waals surface area contributed by atoms with Crippen LogP contribution in [0.2, 0.25) is 5.02 Å². The van der Waals surface area contributed by atoms with Gasteiger partial charge in [0.25, 0.3) is 0 Å². The summed E-state index contributed by atoms with van der Waals surface area (Å²) in [5.41, 5.74) is 1.19. The summed E-state index contributed by atoms with van der Waals surface area (Å²) >= 11 is 6.18. The van der Waals surface area contributed by atoms with Crippen molar-refractivity contribution in [3.63, 3.8) is 0 Å². The number of fused-ring (bicyclic) bond motifs is 1. The van der Waals surface area contributed by atoms with Crippen molar-refractivity contribution in [3.8, 4) is 11.5 Å². The summed E-state index contributed by atoms with van der Waals surface area (Å²) in [6.45, 7) is 2.94. The van der Waals surface area contributed by atoms with Gasteiger partial charge in [-0.05, 0) is 30.5 Å². The van der Waals surface area contributed by atoms with E-state index in [1.807, 2.05) is 12.1 Å². The van der Waals surface area contributed by atoms with Crippen molar-refractivity contribution < 1.29 is 14.6 Å². The maximum absolute atomic E-state index is 9.26. The molecule has 0 amide bonds. The Balaban J connectivity index is 1.63. The normalized spacial score (nSPS) is 19.3. The smallest absolute Gasteiger partial charge is 0.179 e. The molecule has 1 aliphatic carbocycles. The highest BCUT2D eigenvalue weighted by Gasteiger charge is 2.41. The molecular weight excluding hydrogens is 266 g/mol. The number of ether oxygens (including phenoxy) is 2. The Morgan fingerprint density at radius 2 is 2.05 bits per heavy atom. The van der Waals surface area contributed by atoms with Gasteiger partial charge in [-0.3, -0.25) is 0 Å². The fourth-order valence-corrected chi connectivity index (χ4v) is 2.59. The van der Waals surface area contributed by atoms with Gasteiger partial charge < -0.3 is 19.9 Å². The van der Waals surface area contributed by atoms with E-state index in [0.717, 1.165) is 37.2 Å². The molecule has 2 aliphatic rings. The maximum Gasteiger partial charge on any atom is 0.179 e. The first-order chi connectivity index (χ1) is 9.22. The number of hydrogen-bond acceptors (Lipinski definition) is 4. The predicted molar refractivity (Wildman–Crippen MR) is 72.9 cm³/mol. The summed E-state index contributed by atoms with van der Waals surface area (Å²) in [6, 6.07) is 3.87. The molecule has 3 rings (SSSR count). The van der Waals surface area contributed by atoms with E-state index in [0.29, 0.717) is 24.0 Å². The fourth-order valence-electron chi connectivity index (χ4n) is 2.31. The van der Waals surface area contributed by atoms with Crippen LogP contribution >= 0.6 is 11.6 Å². The Hall–Kier alpha value is -0.970. The average Bonchev–Trinajstić information content (AvgIpc) is 3.19. The van der Waals surface area contributed by atoms with Crippen molar-refractivity contribution in [3.05, 3.63) is 22.7 Å². The highest BCUT2D eigenvalue weighted by Crippen LogP contribution is 2.44. The molecule has 19 heavy (non-hydrogen) atoms. The Labute approximate surface area is 117 Å². The third kappa shape index (κ3) is 2.81. The summed E-state index contributed by atoms with van der Waals surface area (Å²) in [6.07, 6.45) is 2.22. The molecule has 1 aliphatic heterocycles. The molecule has 1 aromatic carbocycles. The maximum atomic E-state index is 9.26. The summed E-state index contributed by atoms with van der Waals surface area (Å²) < 4.78 is 11.0. The van der Waals surface area contributed by atoms with Crippen LogP contribution in [0.4, 0.5) is 0 Å². The zero-order valence-electron chi connectivity index (χ0n) is 10.7. The minimum atomic E-state index is 0.123. The SMILES string of the molecule is OCC1(CNCc2cc(Cl)c3c(c2)OCCO3)CC1. The zero-order chi connectivity index (χ0) is 13.3. The van der Waals surface area contributed by atoms with E-state index in [4.69, 9.17) is 21.1 Å². The van der Waals surface area contributed by atoms with Gasteiger partial charge in [0, 0.05) is 25.1 Å². The van der Waals surface area contributed by atoms with Gasteiger partial charge in [-0.25, -0.2) is 0 Å². The van der Waals surface area contributed by atoms with E-state index in [9.17, 15) is 5.11 Å². The van der Waals surface area contributed by atoms with E-state index in [2.05, 4.69) is 5.32 Å². The van der Waals surface area contributed by atoms with E-state index >= 15 is 0 Å². The van der Waals surface area contributed by atoms with Gasteiger partial charge in [0.05, 0.1) is 5.02 Å². The molecular formula is C14H18ClNO3. The molecule has 1 fully saturated rings. The van der Waals surface area contributed by atoms with Crippen molar-refractivity contribution in [2.24, 2.45) is 5.41 Å². The van der Waals surface area contributed by atoms with Crippen LogP contribution in [0.3, 0.4) is 0 Å². The summed E-state index contributed by atoms with van der Waals surface area (Å²) in [4.78, 5) is 0. The van der Waals surface area contributed by atoms with E-state index in [1.165, 1.54) is 0 Å². The van der Waals surface area contributed by atoms with Crippen LogP contribution in [-0.4, -0.2) is 31.5 Å². The molecule has 0 unspecified atom stereocenters. The molecule has 5 heteroatoms. The molecule has 0 radical (unpaired) electrons. The van der Waals surface area contributed by atoms with Crippen molar-refractivity contribution in [2.45, 2.75) is 19.4 Å². The van der Waals surface area contributed by atoms with Gasteiger partial charge in [0.1, 0.15) is 13.2 Å². The fraction of sp³-hybridized carbons (Fsp3) is 0.571. The lowest BCUT2D eigenvalue weighted by molar-refractivity contribution is 0.171. The van der Waals surface area contributed by atoms with Crippen LogP contribution in [0, 0.1) is 5.41 Å². The molecule has 0 atom stereocenters. The molecule has 0 spiro atoms. The molecule has 1 saturated carbocycles. The number of rotatable bonds is 5. The number of hydrogen-bond donors (Lipinski definition) is 2. The van der Waals surface area contributed by atoms with Gasteiger partial charge in [-0.15, -0.1) is 0 Å². The highest BCUT2D eigenvalue weighted by molar-refractivity contribution is 6.32. The number of aliphatic hydroxyl groups is 1. The lowest BCUT2D eigenvalue weighted by atomic mass is 10.1. The van der Waals surface area contributed by atoms with Crippen molar-refractivity contribution in [1.29, 1.82) is 0 Å². The predicted octanol–water partition coefficient (Wildman–Crippen LogP) is 1.97. The topological polar surface area (TPSA) is 50.7 Å². The van der Waals surface area contributed by atoms with Gasteiger partial charge in [0.2, 0.25) is 0 Å². The number of benzene rings is 1. The summed E-state index contributed by atoms with van der Waals surface area (Å²) in [5, 5.41) is 13.2. The average molecular weight is 284 g/mol. The van der Waals surface area contributed by atoms with E-state index in [1.54, 1.807) is 0 Å². The minimum absolute atomic E-state index is 0.123. The van der Waals surface area contributed by atoms with Crippen LogP contribution in [0.5, 0.6) is 11.5 Å². The number of halogens is 1. The standard InChI is InChI=1S/C14H18ClNO3/c15-11-5-10(6-12-13(11)19-4-3-18-12)7-16-8-14(9-17)1-2-14/h5-6,16-17H,1-4,7-9H2. The zero-order valence-corrected chi connectivity index (χ0v) is 11.5. The van der Waals surface area contributed by atoms with Gasteiger partial charge in [-0.2, -0.15) is 0 Å². The van der Waals surface area contributed by atoms with Crippen LogP contribution in [-0.2, 0) is 6.54 Å². The van der Waals surface area contributed by atoms with Gasteiger partial charge in [0.15, 0.2) is 11.5 Å². The number of nitrogens with one attached hydrogen (secondary N) is 1. The van der Waals surface area contributed by atoms with Gasteiger partial charge in [-0.1, -0.05) is 11.6 Å². The lowest BCUT2D eigenvalue weighted by Gasteiger charge is -2.20. The highest BCUT2D eigenvalue weighted by atomic mass is 35.5. The third-order valence-corrected chi connectivity index (χ3v) is 4.06. The van der Waals surface area contributed by atoms with Crippen LogP contribution in [0.1, 0.15) is 18.4 Å². The molecule has 0 aromatic heterocycles. The summed E-state index contributed by atoms with van der Waals surface area (Å²) in [5.74, 6) is 1.37. The third-order valence-electron chi connectivity index (χ3n) is 3.78. The second-order valence-corrected chi connectivity index (χ2v) is 5.77. The van der Waals surface area contributed by atoms with Crippen LogP contribution in [0.25, 0.3) is 0 Å². The molecule has 1 aromatic rings. The Kier molecular flexibility index (Phi) is 3.56. The first-order valence-corrected chi connectivity index (χ1v) is 7.00. The van der Waals surface area contributed by atoms with Crippen molar-refractivity contribution in [1.82, 2.24) is 5.32 Å². The van der Waals surface area contributed by atoms with Gasteiger partial charge >= 0.3 is 0 Å². The first kappa shape index (κ1) is 13.0. The van der Waals surface area contributed by atoms with Crippen LogP contribution < -0.4 is 14.8 Å². The quantitative estimate of drug-likeness (QED) is 0.867. The summed E-state index contributed by atoms with van der Waals surface area (Å²) in [7, 11) is 0. The Morgan fingerprint density at radius 3 is 2.79 bits per heavy atom. The minimum Gasteiger partial charge on any atom is -0.486 e. The molecule has 0 saturated heterocycles. The van der Waals surface area contributed by atoms with E-state index < -0.39 is 0 Å². The molecule has 0 bridgehead atoms. The van der Waals surface area contributed by atoms with E-state index in [-0.39, 0.29) is 12.0 Å². The second kappa shape index (κ2) is 5.19. The van der Waals surface area contributed by atoms with Crippen LogP contribution in [0.15, 0.2) is 12.1 Å². The molecule has 1 heterocycles. The largest absolute Gasteiger partial charge is 0.486 e. The molecule has 104 valence electrons. The first-order valence-electron chi connectivity index (χ1n) is 6.62. The van der Waals surface area contributed by atoms with Crippen molar-refractivity contribution in [2.75, 3.05) is 26.4 Å². The monoisotopic (exact) mass is 283 g/mol. The molecule has 4 nitrogen and oxygen atoms in total. The lowest BCUT2D eigenvalue weighted by Crippen LogP contribution is -2.26. The van der Waals surface area contributed by atoms with Crippen molar-refractivity contribution >= 4 is 11.6 Å². The molecule has 2 N–H and O–H groups in total.